The number of aromatic nitrogens is 3. The normalized spacial score (nSPS) is 10.5. The van der Waals surface area contributed by atoms with Crippen LogP contribution in [-0.2, 0) is 13.6 Å². The fraction of sp³-hybridized carbons (Fsp3) is 0.273. The van der Waals surface area contributed by atoms with Crippen molar-refractivity contribution in [3.05, 3.63) is 44.3 Å². The van der Waals surface area contributed by atoms with Crippen LogP contribution in [0.1, 0.15) is 11.3 Å². The Morgan fingerprint density at radius 2 is 2.26 bits per heavy atom. The molecule has 0 aliphatic heterocycles. The van der Waals surface area contributed by atoms with Gasteiger partial charge in [-0.1, -0.05) is 0 Å². The zero-order chi connectivity index (χ0) is 14.0. The average molecular weight is 326 g/mol. The molecular weight excluding hydrogens is 314 g/mol. The summed E-state index contributed by atoms with van der Waals surface area (Å²) in [4.78, 5) is 14.1. The molecule has 0 fully saturated rings. The van der Waals surface area contributed by atoms with E-state index >= 15 is 0 Å². The molecule has 2 aromatic rings. The van der Waals surface area contributed by atoms with Crippen molar-refractivity contribution in [3.63, 3.8) is 0 Å². The van der Waals surface area contributed by atoms with E-state index in [1.807, 2.05) is 14.0 Å². The van der Waals surface area contributed by atoms with Crippen LogP contribution in [0.5, 0.6) is 0 Å². The van der Waals surface area contributed by atoms with Crippen molar-refractivity contribution in [2.24, 2.45) is 7.05 Å². The standard InChI is InChI=1S/C11H12BrN5O2/c1-7-8(5-15-16(7)2)4-13-11-10(12)3-9(6-14-11)17(18)19/h3,5-6H,4H2,1-2H3,(H,13,14). The molecule has 2 aromatic heterocycles. The monoisotopic (exact) mass is 325 g/mol. The Balaban J connectivity index is 2.12. The minimum Gasteiger partial charge on any atom is -0.365 e. The van der Waals surface area contributed by atoms with Gasteiger partial charge in [-0.25, -0.2) is 4.98 Å². The molecule has 7 nitrogen and oxygen atoms in total. The summed E-state index contributed by atoms with van der Waals surface area (Å²) >= 11 is 3.26. The Kier molecular flexibility index (Phi) is 3.79. The molecule has 0 unspecified atom stereocenters. The SMILES string of the molecule is Cc1c(CNc2ncc([N+](=O)[O-])cc2Br)cnn1C. The van der Waals surface area contributed by atoms with Gasteiger partial charge in [-0.05, 0) is 22.9 Å². The third-order valence-corrected chi connectivity index (χ3v) is 3.43. The van der Waals surface area contributed by atoms with E-state index < -0.39 is 4.92 Å². The molecule has 8 heteroatoms. The van der Waals surface area contributed by atoms with Gasteiger partial charge in [-0.15, -0.1) is 0 Å². The summed E-state index contributed by atoms with van der Waals surface area (Å²) < 4.78 is 2.35. The van der Waals surface area contributed by atoms with Gasteiger partial charge in [0.2, 0.25) is 0 Å². The van der Waals surface area contributed by atoms with E-state index in [0.717, 1.165) is 11.3 Å². The summed E-state index contributed by atoms with van der Waals surface area (Å²) in [5.74, 6) is 0.564. The highest BCUT2D eigenvalue weighted by atomic mass is 79.9. The van der Waals surface area contributed by atoms with Crippen molar-refractivity contribution < 1.29 is 4.92 Å². The van der Waals surface area contributed by atoms with Crippen LogP contribution in [0.25, 0.3) is 0 Å². The highest BCUT2D eigenvalue weighted by molar-refractivity contribution is 9.10. The predicted molar refractivity (Wildman–Crippen MR) is 73.9 cm³/mol. The predicted octanol–water partition coefficient (Wildman–Crippen LogP) is 2.41. The Bertz CT molecular complexity index is 626. The van der Waals surface area contributed by atoms with Gasteiger partial charge in [-0.3, -0.25) is 14.8 Å². The van der Waals surface area contributed by atoms with Crippen LogP contribution in [-0.4, -0.2) is 19.7 Å². The molecule has 19 heavy (non-hydrogen) atoms. The van der Waals surface area contributed by atoms with Crippen LogP contribution in [0.2, 0.25) is 0 Å². The van der Waals surface area contributed by atoms with Crippen LogP contribution >= 0.6 is 15.9 Å². The Hall–Kier alpha value is -1.96. The summed E-state index contributed by atoms with van der Waals surface area (Å²) in [6.07, 6.45) is 3.00. The molecule has 1 N–H and O–H groups in total. The van der Waals surface area contributed by atoms with Crippen molar-refractivity contribution in [3.8, 4) is 0 Å². The summed E-state index contributed by atoms with van der Waals surface area (Å²) in [6, 6.07) is 1.42. The first kappa shape index (κ1) is 13.5. The maximum Gasteiger partial charge on any atom is 0.288 e. The van der Waals surface area contributed by atoms with Crippen LogP contribution < -0.4 is 5.32 Å². The van der Waals surface area contributed by atoms with Gasteiger partial charge in [0.25, 0.3) is 5.69 Å². The van der Waals surface area contributed by atoms with E-state index in [4.69, 9.17) is 0 Å². The number of nitro groups is 1. The van der Waals surface area contributed by atoms with E-state index in [-0.39, 0.29) is 5.69 Å². The number of nitrogens with one attached hydrogen (secondary N) is 1. The van der Waals surface area contributed by atoms with Gasteiger partial charge in [-0.2, -0.15) is 5.10 Å². The zero-order valence-electron chi connectivity index (χ0n) is 10.4. The lowest BCUT2D eigenvalue weighted by Crippen LogP contribution is -2.04. The number of halogens is 1. The summed E-state index contributed by atoms with van der Waals surface area (Å²) in [7, 11) is 1.87. The fourth-order valence-corrected chi connectivity index (χ4v) is 2.03. The lowest BCUT2D eigenvalue weighted by molar-refractivity contribution is -0.385. The van der Waals surface area contributed by atoms with E-state index in [9.17, 15) is 10.1 Å². The Morgan fingerprint density at radius 1 is 1.53 bits per heavy atom. The van der Waals surface area contributed by atoms with Gasteiger partial charge >= 0.3 is 0 Å². The van der Waals surface area contributed by atoms with E-state index in [0.29, 0.717) is 16.8 Å². The molecule has 0 atom stereocenters. The Morgan fingerprint density at radius 3 is 2.79 bits per heavy atom. The molecule has 0 bridgehead atoms. The smallest absolute Gasteiger partial charge is 0.288 e. The number of aryl methyl sites for hydroxylation is 1. The second-order valence-corrected chi connectivity index (χ2v) is 4.87. The highest BCUT2D eigenvalue weighted by Crippen LogP contribution is 2.24. The van der Waals surface area contributed by atoms with Gasteiger partial charge in [0, 0.05) is 30.9 Å². The third kappa shape index (κ3) is 2.90. The lowest BCUT2D eigenvalue weighted by Gasteiger charge is -2.07. The molecule has 0 aromatic carbocycles. The molecule has 0 aliphatic rings. The minimum absolute atomic E-state index is 0.0463. The molecule has 0 saturated heterocycles. The average Bonchev–Trinajstić information content (AvgIpc) is 2.68. The second kappa shape index (κ2) is 5.35. The maximum absolute atomic E-state index is 10.6. The first-order chi connectivity index (χ1) is 8.99. The second-order valence-electron chi connectivity index (χ2n) is 4.01. The van der Waals surface area contributed by atoms with E-state index in [1.165, 1.54) is 12.3 Å². The number of hydrogen-bond acceptors (Lipinski definition) is 5. The van der Waals surface area contributed by atoms with E-state index in [2.05, 4.69) is 31.3 Å². The first-order valence-corrected chi connectivity index (χ1v) is 6.29. The molecule has 100 valence electrons. The molecule has 0 aliphatic carbocycles. The number of hydrogen-bond donors (Lipinski definition) is 1. The topological polar surface area (TPSA) is 85.9 Å². The van der Waals surface area contributed by atoms with Crippen LogP contribution in [0.3, 0.4) is 0 Å². The number of nitrogens with zero attached hydrogens (tertiary/aromatic N) is 4. The molecule has 2 rings (SSSR count). The van der Waals surface area contributed by atoms with Gasteiger partial charge in [0.05, 0.1) is 15.6 Å². The molecule has 0 amide bonds. The minimum atomic E-state index is -0.479. The van der Waals surface area contributed by atoms with Gasteiger partial charge < -0.3 is 5.32 Å². The van der Waals surface area contributed by atoms with Crippen LogP contribution in [0.4, 0.5) is 11.5 Å². The quantitative estimate of drug-likeness (QED) is 0.689. The van der Waals surface area contributed by atoms with Crippen molar-refractivity contribution >= 4 is 27.4 Å². The Labute approximate surface area is 117 Å². The largest absolute Gasteiger partial charge is 0.365 e. The van der Waals surface area contributed by atoms with Crippen molar-refractivity contribution in [2.45, 2.75) is 13.5 Å². The number of anilines is 1. The van der Waals surface area contributed by atoms with Gasteiger partial charge in [0.1, 0.15) is 12.0 Å². The first-order valence-electron chi connectivity index (χ1n) is 5.50. The molecule has 0 spiro atoms. The lowest BCUT2D eigenvalue weighted by atomic mass is 10.2. The van der Waals surface area contributed by atoms with Crippen molar-refractivity contribution in [2.75, 3.05) is 5.32 Å². The summed E-state index contributed by atoms with van der Waals surface area (Å²) in [5, 5.41) is 17.9. The zero-order valence-corrected chi connectivity index (χ0v) is 12.0. The summed E-state index contributed by atoms with van der Waals surface area (Å²) in [6.45, 7) is 2.53. The third-order valence-electron chi connectivity index (χ3n) is 2.82. The molecule has 2 heterocycles. The molecule has 0 radical (unpaired) electrons. The van der Waals surface area contributed by atoms with E-state index in [1.54, 1.807) is 10.9 Å². The number of rotatable bonds is 4. The molecular formula is C11H12BrN5O2. The van der Waals surface area contributed by atoms with Crippen LogP contribution in [0, 0.1) is 17.0 Å². The number of pyridine rings is 1. The van der Waals surface area contributed by atoms with Crippen molar-refractivity contribution in [1.29, 1.82) is 0 Å². The van der Waals surface area contributed by atoms with Crippen molar-refractivity contribution in [1.82, 2.24) is 14.8 Å². The fourth-order valence-electron chi connectivity index (χ4n) is 1.55. The molecule has 0 saturated carbocycles. The van der Waals surface area contributed by atoms with Gasteiger partial charge in [0.15, 0.2) is 0 Å². The maximum atomic E-state index is 10.6. The summed E-state index contributed by atoms with van der Waals surface area (Å²) in [5.41, 5.74) is 2.06. The highest BCUT2D eigenvalue weighted by Gasteiger charge is 2.11. The van der Waals surface area contributed by atoms with Crippen LogP contribution in [0.15, 0.2) is 22.9 Å².